The molecule has 0 unspecified atom stereocenters. The fourth-order valence-electron chi connectivity index (χ4n) is 2.38. The van der Waals surface area contributed by atoms with Gasteiger partial charge < -0.3 is 9.84 Å². The minimum absolute atomic E-state index is 0.0870. The Morgan fingerprint density at radius 2 is 1.92 bits per heavy atom. The molecular weight excluding hydrogens is 366 g/mol. The first-order chi connectivity index (χ1) is 10.9. The van der Waals surface area contributed by atoms with Crippen LogP contribution in [0.3, 0.4) is 0 Å². The van der Waals surface area contributed by atoms with E-state index in [1.807, 2.05) is 0 Å². The van der Waals surface area contributed by atoms with Crippen LogP contribution in [0.1, 0.15) is 23.7 Å². The van der Waals surface area contributed by atoms with Crippen molar-refractivity contribution in [2.24, 2.45) is 0 Å². The molecule has 1 N–H and O–H groups in total. The van der Waals surface area contributed by atoms with Gasteiger partial charge in [0.2, 0.25) is 0 Å². The number of halogens is 6. The molecule has 1 aliphatic carbocycles. The number of aliphatic hydroxyl groups is 1. The van der Waals surface area contributed by atoms with Crippen LogP contribution in [0.2, 0.25) is 0 Å². The quantitative estimate of drug-likeness (QED) is 0.632. The Morgan fingerprint density at radius 1 is 1.29 bits per heavy atom. The van der Waals surface area contributed by atoms with Crippen molar-refractivity contribution in [3.8, 4) is 5.75 Å². The molecule has 1 aromatic rings. The molecule has 1 aliphatic rings. The lowest BCUT2D eigenvalue weighted by molar-refractivity contribution is -0.0978. The van der Waals surface area contributed by atoms with E-state index in [4.69, 9.17) is 4.74 Å². The second-order valence-electron chi connectivity index (χ2n) is 5.13. The van der Waals surface area contributed by atoms with Crippen molar-refractivity contribution in [2.45, 2.75) is 35.3 Å². The van der Waals surface area contributed by atoms with Crippen LogP contribution in [-0.2, 0) is 16.3 Å². The van der Waals surface area contributed by atoms with Gasteiger partial charge in [-0.15, -0.1) is 0 Å². The molecule has 136 valence electrons. The number of hydrogen-bond acceptors (Lipinski definition) is 4. The topological polar surface area (TPSA) is 63.6 Å². The highest BCUT2D eigenvalue weighted by molar-refractivity contribution is 7.92. The maximum atomic E-state index is 13.7. The SMILES string of the molecule is O=S(=O)(c1ccc(OCCCF)c2c1[C@H](O)C(F)(F)C2)C(F)(F)F. The third-order valence-corrected chi connectivity index (χ3v) is 5.03. The van der Waals surface area contributed by atoms with E-state index in [1.165, 1.54) is 0 Å². The molecule has 0 heterocycles. The second-order valence-corrected chi connectivity index (χ2v) is 7.04. The molecule has 11 heteroatoms. The summed E-state index contributed by atoms with van der Waals surface area (Å²) >= 11 is 0. The average molecular weight is 378 g/mol. The van der Waals surface area contributed by atoms with Crippen LogP contribution in [-0.4, -0.2) is 38.2 Å². The zero-order chi connectivity index (χ0) is 18.3. The molecule has 0 radical (unpaired) electrons. The number of fused-ring (bicyclic) bond motifs is 1. The highest BCUT2D eigenvalue weighted by Gasteiger charge is 2.55. The lowest BCUT2D eigenvalue weighted by Gasteiger charge is -2.17. The van der Waals surface area contributed by atoms with Gasteiger partial charge in [0.15, 0.2) is 0 Å². The van der Waals surface area contributed by atoms with Crippen LogP contribution >= 0.6 is 0 Å². The van der Waals surface area contributed by atoms with Crippen molar-refractivity contribution in [3.63, 3.8) is 0 Å². The fourth-order valence-corrected chi connectivity index (χ4v) is 3.40. The molecule has 4 nitrogen and oxygen atoms in total. The van der Waals surface area contributed by atoms with E-state index in [0.29, 0.717) is 6.07 Å². The molecule has 24 heavy (non-hydrogen) atoms. The molecule has 0 aromatic heterocycles. The number of ether oxygens (including phenoxy) is 1. The van der Waals surface area contributed by atoms with Gasteiger partial charge >= 0.3 is 5.51 Å². The van der Waals surface area contributed by atoms with Crippen molar-refractivity contribution in [3.05, 3.63) is 23.3 Å². The van der Waals surface area contributed by atoms with Crippen LogP contribution < -0.4 is 4.74 Å². The van der Waals surface area contributed by atoms with E-state index in [2.05, 4.69) is 0 Å². The summed E-state index contributed by atoms with van der Waals surface area (Å²) in [5.41, 5.74) is -7.28. The van der Waals surface area contributed by atoms with E-state index < -0.39 is 56.5 Å². The highest BCUT2D eigenvalue weighted by atomic mass is 32.2. The van der Waals surface area contributed by atoms with Gasteiger partial charge in [0.05, 0.1) is 18.2 Å². The van der Waals surface area contributed by atoms with Gasteiger partial charge in [-0.2, -0.15) is 13.2 Å². The largest absolute Gasteiger partial charge is 0.501 e. The lowest BCUT2D eigenvalue weighted by atomic mass is 10.1. The zero-order valence-electron chi connectivity index (χ0n) is 11.9. The molecule has 0 fully saturated rings. The standard InChI is InChI=1S/C13H12F6O4S/c14-4-1-5-23-8-2-3-9(24(21,22)13(17,18)19)10-7(8)6-12(15,16)11(10)20/h2-3,11,20H,1,4-6H2/t11-/m0/s1. The molecule has 0 bridgehead atoms. The van der Waals surface area contributed by atoms with Crippen molar-refractivity contribution in [1.29, 1.82) is 0 Å². The summed E-state index contributed by atoms with van der Waals surface area (Å²) in [6.07, 6.45) is -3.99. The Hall–Kier alpha value is -1.49. The van der Waals surface area contributed by atoms with Crippen LogP contribution in [0.15, 0.2) is 17.0 Å². The van der Waals surface area contributed by atoms with Crippen molar-refractivity contribution in [2.75, 3.05) is 13.3 Å². The van der Waals surface area contributed by atoms with Crippen LogP contribution in [0.4, 0.5) is 26.3 Å². The van der Waals surface area contributed by atoms with E-state index in [9.17, 15) is 39.9 Å². The van der Waals surface area contributed by atoms with Crippen molar-refractivity contribution in [1.82, 2.24) is 0 Å². The molecule has 0 aliphatic heterocycles. The van der Waals surface area contributed by atoms with Gasteiger partial charge in [0.25, 0.3) is 15.8 Å². The van der Waals surface area contributed by atoms with Crippen LogP contribution in [0.25, 0.3) is 0 Å². The zero-order valence-corrected chi connectivity index (χ0v) is 12.7. The fraction of sp³-hybridized carbons (Fsp3) is 0.538. The molecule has 0 saturated carbocycles. The van der Waals surface area contributed by atoms with Gasteiger partial charge in [-0.25, -0.2) is 17.2 Å². The Balaban J connectivity index is 2.61. The van der Waals surface area contributed by atoms with Gasteiger partial charge in [-0.3, -0.25) is 4.39 Å². The molecule has 0 saturated heterocycles. The summed E-state index contributed by atoms with van der Waals surface area (Å²) in [6, 6.07) is 1.25. The van der Waals surface area contributed by atoms with Gasteiger partial charge in [0, 0.05) is 24.0 Å². The highest BCUT2D eigenvalue weighted by Crippen LogP contribution is 2.50. The molecule has 0 spiro atoms. The number of aliphatic hydroxyl groups excluding tert-OH is 1. The molecular formula is C13H12F6O4S. The Bertz CT molecular complexity index is 729. The second kappa shape index (κ2) is 6.10. The number of rotatable bonds is 5. The van der Waals surface area contributed by atoms with E-state index >= 15 is 0 Å². The maximum Gasteiger partial charge on any atom is 0.501 e. The Kier molecular flexibility index (Phi) is 4.79. The van der Waals surface area contributed by atoms with Gasteiger partial charge in [-0.05, 0) is 12.1 Å². The first kappa shape index (κ1) is 18.8. The first-order valence-corrected chi connectivity index (χ1v) is 8.13. The predicted molar refractivity (Wildman–Crippen MR) is 69.4 cm³/mol. The minimum Gasteiger partial charge on any atom is -0.493 e. The smallest absolute Gasteiger partial charge is 0.493 e. The predicted octanol–water partition coefficient (Wildman–Crippen LogP) is 2.94. The Morgan fingerprint density at radius 3 is 2.46 bits per heavy atom. The normalized spacial score (nSPS) is 20.0. The van der Waals surface area contributed by atoms with E-state index in [-0.39, 0.29) is 18.8 Å². The number of benzene rings is 1. The van der Waals surface area contributed by atoms with Crippen LogP contribution in [0.5, 0.6) is 5.75 Å². The third-order valence-electron chi connectivity index (χ3n) is 3.49. The summed E-state index contributed by atoms with van der Waals surface area (Å²) in [6.45, 7) is -1.00. The van der Waals surface area contributed by atoms with E-state index in [1.54, 1.807) is 0 Å². The third kappa shape index (κ3) is 3.06. The minimum atomic E-state index is -5.94. The summed E-state index contributed by atoms with van der Waals surface area (Å²) in [5, 5.41) is 9.62. The lowest BCUT2D eigenvalue weighted by Crippen LogP contribution is -2.26. The van der Waals surface area contributed by atoms with Gasteiger partial charge in [0.1, 0.15) is 11.9 Å². The molecule has 2 rings (SSSR count). The first-order valence-electron chi connectivity index (χ1n) is 6.65. The molecule has 1 atom stereocenters. The molecule has 1 aromatic carbocycles. The summed E-state index contributed by atoms with van der Waals surface area (Å²) in [7, 11) is -5.94. The summed E-state index contributed by atoms with van der Waals surface area (Å²) < 4.78 is 106. The Labute approximate surface area is 133 Å². The van der Waals surface area contributed by atoms with E-state index in [0.717, 1.165) is 6.07 Å². The maximum absolute atomic E-state index is 13.7. The van der Waals surface area contributed by atoms with Crippen molar-refractivity contribution >= 4 is 9.84 Å². The van der Waals surface area contributed by atoms with Crippen LogP contribution in [0, 0.1) is 0 Å². The summed E-state index contributed by atoms with van der Waals surface area (Å²) in [4.78, 5) is -1.44. The van der Waals surface area contributed by atoms with Gasteiger partial charge in [-0.1, -0.05) is 0 Å². The van der Waals surface area contributed by atoms with Crippen molar-refractivity contribution < 1.29 is 44.6 Å². The number of hydrogen-bond donors (Lipinski definition) is 1. The average Bonchev–Trinajstić information content (AvgIpc) is 2.69. The number of alkyl halides is 6. The molecule has 0 amide bonds. The number of sulfone groups is 1. The monoisotopic (exact) mass is 378 g/mol. The summed E-state index contributed by atoms with van der Waals surface area (Å²) in [5.74, 6) is -4.16.